The summed E-state index contributed by atoms with van der Waals surface area (Å²) in [6, 6.07) is 9.87. The molecule has 7 heteroatoms. The van der Waals surface area contributed by atoms with Crippen LogP contribution in [0, 0.1) is 5.92 Å². The highest BCUT2D eigenvalue weighted by atomic mass is 32.2. The van der Waals surface area contributed by atoms with Gasteiger partial charge in [-0.1, -0.05) is 30.3 Å². The summed E-state index contributed by atoms with van der Waals surface area (Å²) in [6.45, 7) is 0. The van der Waals surface area contributed by atoms with E-state index in [0.29, 0.717) is 12.8 Å². The van der Waals surface area contributed by atoms with E-state index in [-0.39, 0.29) is 29.4 Å². The minimum absolute atomic E-state index is 0.0117. The third kappa shape index (κ3) is 3.62. The van der Waals surface area contributed by atoms with Gasteiger partial charge in [-0.05, 0) is 25.7 Å². The molecule has 2 aromatic rings. The third-order valence-electron chi connectivity index (χ3n) is 4.91. The number of sulfone groups is 1. The van der Waals surface area contributed by atoms with Crippen molar-refractivity contribution in [3.05, 3.63) is 40.9 Å². The summed E-state index contributed by atoms with van der Waals surface area (Å²) >= 11 is 1.67. The van der Waals surface area contributed by atoms with Crippen LogP contribution in [0.4, 0.5) is 0 Å². The van der Waals surface area contributed by atoms with Gasteiger partial charge in [0, 0.05) is 22.4 Å². The Hall–Kier alpha value is -1.73. The minimum atomic E-state index is -2.97. The van der Waals surface area contributed by atoms with Gasteiger partial charge in [-0.15, -0.1) is 11.3 Å². The van der Waals surface area contributed by atoms with Gasteiger partial charge in [0.25, 0.3) is 0 Å². The number of carbonyl (C=O) groups excluding carboxylic acids is 1. The van der Waals surface area contributed by atoms with E-state index in [1.807, 2.05) is 18.2 Å². The Morgan fingerprint density at radius 3 is 2.72 bits per heavy atom. The molecular weight excluding hydrogens is 356 g/mol. The highest BCUT2D eigenvalue weighted by molar-refractivity contribution is 7.91. The van der Waals surface area contributed by atoms with E-state index in [2.05, 4.69) is 17.4 Å². The Kier molecular flexibility index (Phi) is 4.37. The minimum Gasteiger partial charge on any atom is -0.352 e. The zero-order valence-electron chi connectivity index (χ0n) is 13.8. The summed E-state index contributed by atoms with van der Waals surface area (Å²) in [5.41, 5.74) is 2.22. The number of thiazole rings is 1. The fourth-order valence-corrected chi connectivity index (χ4v) is 6.40. The van der Waals surface area contributed by atoms with Gasteiger partial charge in [-0.3, -0.25) is 4.79 Å². The lowest BCUT2D eigenvalue weighted by Gasteiger charge is -2.22. The zero-order chi connectivity index (χ0) is 17.4. The summed E-state index contributed by atoms with van der Waals surface area (Å²) < 4.78 is 23.1. The van der Waals surface area contributed by atoms with Gasteiger partial charge in [0.2, 0.25) is 5.91 Å². The number of carbonyl (C=O) groups is 1. The van der Waals surface area contributed by atoms with Crippen molar-refractivity contribution in [2.75, 3.05) is 11.5 Å². The number of amides is 1. The molecule has 1 saturated heterocycles. The molecule has 0 saturated carbocycles. The Morgan fingerprint density at radius 1 is 1.20 bits per heavy atom. The SMILES string of the molecule is O=C(NC1CCS(=O)(=O)C1)C1CCc2nc(-c3ccccc3)sc2C1. The molecule has 0 bridgehead atoms. The van der Waals surface area contributed by atoms with Crippen LogP contribution in [-0.4, -0.2) is 36.9 Å². The maximum Gasteiger partial charge on any atom is 0.223 e. The van der Waals surface area contributed by atoms with Crippen molar-refractivity contribution >= 4 is 27.1 Å². The molecule has 132 valence electrons. The summed E-state index contributed by atoms with van der Waals surface area (Å²) in [5.74, 6) is 0.166. The topological polar surface area (TPSA) is 76.1 Å². The first-order valence-electron chi connectivity index (χ1n) is 8.55. The number of aryl methyl sites for hydroxylation is 1. The predicted molar refractivity (Wildman–Crippen MR) is 98.3 cm³/mol. The largest absolute Gasteiger partial charge is 0.352 e. The van der Waals surface area contributed by atoms with Gasteiger partial charge < -0.3 is 5.32 Å². The van der Waals surface area contributed by atoms with Gasteiger partial charge in [0.05, 0.1) is 17.2 Å². The van der Waals surface area contributed by atoms with E-state index in [0.717, 1.165) is 29.1 Å². The van der Waals surface area contributed by atoms with Crippen LogP contribution in [0.5, 0.6) is 0 Å². The third-order valence-corrected chi connectivity index (χ3v) is 7.85. The van der Waals surface area contributed by atoms with Gasteiger partial charge in [-0.2, -0.15) is 0 Å². The van der Waals surface area contributed by atoms with Crippen molar-refractivity contribution in [2.45, 2.75) is 31.7 Å². The standard InChI is InChI=1S/C18H20N2O3S2/c21-17(19-14-8-9-25(22,23)11-14)13-6-7-15-16(10-13)24-18(20-15)12-4-2-1-3-5-12/h1-5,13-14H,6-11H2,(H,19,21). The number of nitrogens with one attached hydrogen (secondary N) is 1. The monoisotopic (exact) mass is 376 g/mol. The smallest absolute Gasteiger partial charge is 0.223 e. The van der Waals surface area contributed by atoms with Crippen LogP contribution in [0.25, 0.3) is 10.6 Å². The summed E-state index contributed by atoms with van der Waals surface area (Å²) in [5, 5.41) is 3.95. The molecule has 0 radical (unpaired) electrons. The molecule has 1 N–H and O–H groups in total. The van der Waals surface area contributed by atoms with E-state index >= 15 is 0 Å². The Bertz CT molecular complexity index is 890. The molecule has 2 heterocycles. The molecule has 4 rings (SSSR count). The predicted octanol–water partition coefficient (Wildman–Crippen LogP) is 2.22. The zero-order valence-corrected chi connectivity index (χ0v) is 15.4. The van der Waals surface area contributed by atoms with Gasteiger partial charge >= 0.3 is 0 Å². The first-order chi connectivity index (χ1) is 12.0. The molecule has 1 aromatic carbocycles. The van der Waals surface area contributed by atoms with Gasteiger partial charge in [-0.25, -0.2) is 13.4 Å². The van der Waals surface area contributed by atoms with Gasteiger partial charge in [0.1, 0.15) is 5.01 Å². The molecular formula is C18H20N2O3S2. The van der Waals surface area contributed by atoms with E-state index in [9.17, 15) is 13.2 Å². The molecule has 1 aromatic heterocycles. The second kappa shape index (κ2) is 6.53. The highest BCUT2D eigenvalue weighted by Crippen LogP contribution is 2.34. The van der Waals surface area contributed by atoms with Crippen LogP contribution in [0.2, 0.25) is 0 Å². The first kappa shape index (κ1) is 16.7. The van der Waals surface area contributed by atoms with Crippen LogP contribution < -0.4 is 5.32 Å². The van der Waals surface area contributed by atoms with Crippen molar-refractivity contribution in [3.63, 3.8) is 0 Å². The van der Waals surface area contributed by atoms with Crippen molar-refractivity contribution in [1.82, 2.24) is 10.3 Å². The molecule has 1 aliphatic heterocycles. The second-order valence-corrected chi connectivity index (χ2v) is 10.1. The maximum absolute atomic E-state index is 12.5. The Labute approximate surface area is 151 Å². The van der Waals surface area contributed by atoms with E-state index in [4.69, 9.17) is 4.98 Å². The number of fused-ring (bicyclic) bond motifs is 1. The average molecular weight is 377 g/mol. The average Bonchev–Trinajstić information content (AvgIpc) is 3.17. The highest BCUT2D eigenvalue weighted by Gasteiger charge is 2.33. The molecule has 1 aliphatic carbocycles. The van der Waals surface area contributed by atoms with E-state index < -0.39 is 9.84 Å². The molecule has 25 heavy (non-hydrogen) atoms. The molecule has 1 amide bonds. The van der Waals surface area contributed by atoms with Crippen LogP contribution in [0.1, 0.15) is 23.4 Å². The van der Waals surface area contributed by atoms with E-state index in [1.165, 1.54) is 4.88 Å². The molecule has 0 spiro atoms. The number of rotatable bonds is 3. The van der Waals surface area contributed by atoms with Crippen LogP contribution >= 0.6 is 11.3 Å². The molecule has 1 fully saturated rings. The number of hydrogen-bond acceptors (Lipinski definition) is 5. The van der Waals surface area contributed by atoms with Crippen LogP contribution in [-0.2, 0) is 27.5 Å². The van der Waals surface area contributed by atoms with Crippen molar-refractivity contribution in [2.24, 2.45) is 5.92 Å². The van der Waals surface area contributed by atoms with Gasteiger partial charge in [0.15, 0.2) is 9.84 Å². The number of benzene rings is 1. The Morgan fingerprint density at radius 2 is 2.00 bits per heavy atom. The molecule has 5 nitrogen and oxygen atoms in total. The number of aromatic nitrogens is 1. The first-order valence-corrected chi connectivity index (χ1v) is 11.2. The normalized spacial score (nSPS) is 24.6. The van der Waals surface area contributed by atoms with Crippen molar-refractivity contribution in [1.29, 1.82) is 0 Å². The van der Waals surface area contributed by atoms with Crippen LogP contribution in [0.15, 0.2) is 30.3 Å². The van der Waals surface area contributed by atoms with Crippen molar-refractivity contribution < 1.29 is 13.2 Å². The molecule has 2 atom stereocenters. The van der Waals surface area contributed by atoms with E-state index in [1.54, 1.807) is 11.3 Å². The quantitative estimate of drug-likeness (QED) is 0.891. The Balaban J connectivity index is 1.44. The summed E-state index contributed by atoms with van der Waals surface area (Å²) in [6.07, 6.45) is 2.81. The molecule has 2 unspecified atom stereocenters. The fourth-order valence-electron chi connectivity index (χ4n) is 3.53. The maximum atomic E-state index is 12.5. The number of hydrogen-bond donors (Lipinski definition) is 1. The second-order valence-electron chi connectivity index (χ2n) is 6.80. The van der Waals surface area contributed by atoms with Crippen molar-refractivity contribution in [3.8, 4) is 10.6 Å². The lowest BCUT2D eigenvalue weighted by Crippen LogP contribution is -2.41. The molecule has 2 aliphatic rings. The number of nitrogens with zero attached hydrogens (tertiary/aromatic N) is 1. The summed E-state index contributed by atoms with van der Waals surface area (Å²) in [7, 11) is -2.97. The lowest BCUT2D eigenvalue weighted by molar-refractivity contribution is -0.125. The summed E-state index contributed by atoms with van der Waals surface area (Å²) in [4.78, 5) is 18.5. The fraction of sp³-hybridized carbons (Fsp3) is 0.444. The van der Waals surface area contributed by atoms with Crippen LogP contribution in [0.3, 0.4) is 0 Å². The lowest BCUT2D eigenvalue weighted by atomic mass is 9.90.